The van der Waals surface area contributed by atoms with E-state index in [1.54, 1.807) is 25.6 Å². The number of hydrogen-bond acceptors (Lipinski definition) is 4. The van der Waals surface area contributed by atoms with Crippen LogP contribution in [0.1, 0.15) is 26.7 Å². The maximum Gasteiger partial charge on any atom is 0.326 e. The van der Waals surface area contributed by atoms with Crippen LogP contribution in [0.5, 0.6) is 0 Å². The molecule has 0 aromatic heterocycles. The van der Waals surface area contributed by atoms with Gasteiger partial charge < -0.3 is 15.2 Å². The van der Waals surface area contributed by atoms with Crippen LogP contribution in [0.3, 0.4) is 0 Å². The summed E-state index contributed by atoms with van der Waals surface area (Å²) in [6.07, 6.45) is 2.47. The van der Waals surface area contributed by atoms with Crippen molar-refractivity contribution in [3.05, 3.63) is 0 Å². The fourth-order valence-electron chi connectivity index (χ4n) is 1.20. The largest absolute Gasteiger partial charge is 0.480 e. The van der Waals surface area contributed by atoms with E-state index in [2.05, 4.69) is 5.32 Å². The molecule has 6 heteroatoms. The van der Waals surface area contributed by atoms with E-state index in [1.165, 1.54) is 7.11 Å². The molecule has 0 bridgehead atoms. The molecule has 0 unspecified atom stereocenters. The van der Waals surface area contributed by atoms with E-state index >= 15 is 0 Å². The highest BCUT2D eigenvalue weighted by molar-refractivity contribution is 7.98. The quantitative estimate of drug-likeness (QED) is 0.686. The average Bonchev–Trinajstić information content (AvgIpc) is 2.23. The zero-order valence-electron chi connectivity index (χ0n) is 10.8. The minimum atomic E-state index is -0.998. The maximum absolute atomic E-state index is 11.6. The van der Waals surface area contributed by atoms with E-state index in [4.69, 9.17) is 9.84 Å². The van der Waals surface area contributed by atoms with Gasteiger partial charge in [-0.3, -0.25) is 4.79 Å². The van der Waals surface area contributed by atoms with Gasteiger partial charge in [-0.2, -0.15) is 11.8 Å². The normalized spacial score (nSPS) is 13.2. The highest BCUT2D eigenvalue weighted by Crippen LogP contribution is 2.13. The molecule has 2 N–H and O–H groups in total. The maximum atomic E-state index is 11.6. The Morgan fingerprint density at radius 2 is 2.06 bits per heavy atom. The van der Waals surface area contributed by atoms with Gasteiger partial charge in [-0.25, -0.2) is 4.79 Å². The van der Waals surface area contributed by atoms with Crippen LogP contribution < -0.4 is 5.32 Å². The molecule has 1 amide bonds. The first-order valence-corrected chi connectivity index (χ1v) is 6.78. The van der Waals surface area contributed by atoms with Gasteiger partial charge in [0.1, 0.15) is 6.04 Å². The van der Waals surface area contributed by atoms with Crippen molar-refractivity contribution in [2.75, 3.05) is 19.1 Å². The highest BCUT2D eigenvalue weighted by atomic mass is 32.2. The number of nitrogens with one attached hydrogen (secondary N) is 1. The summed E-state index contributed by atoms with van der Waals surface area (Å²) >= 11 is 1.55. The van der Waals surface area contributed by atoms with E-state index in [9.17, 15) is 9.59 Å². The van der Waals surface area contributed by atoms with Crippen LogP contribution in [0, 0.1) is 0 Å². The van der Waals surface area contributed by atoms with Gasteiger partial charge >= 0.3 is 5.97 Å². The van der Waals surface area contributed by atoms with E-state index in [1.807, 2.05) is 6.26 Å². The molecule has 5 nitrogen and oxygen atoms in total. The number of ether oxygens (including phenoxy) is 1. The number of hydrogen-bond donors (Lipinski definition) is 2. The summed E-state index contributed by atoms with van der Waals surface area (Å²) in [6.45, 7) is 3.56. The lowest BCUT2D eigenvalue weighted by molar-refractivity contribution is -0.142. The second-order valence-electron chi connectivity index (χ2n) is 4.38. The van der Waals surface area contributed by atoms with Crippen LogP contribution in [0.4, 0.5) is 0 Å². The standard InChI is InChI=1S/C11H21NO4S/c1-11(2,16-3)7-9(13)12-8(10(14)15)5-6-17-4/h8H,5-7H2,1-4H3,(H,12,13)(H,14,15)/t8-/m1/s1. The number of thioether (sulfide) groups is 1. The van der Waals surface area contributed by atoms with Gasteiger partial charge in [0.05, 0.1) is 12.0 Å². The van der Waals surface area contributed by atoms with E-state index < -0.39 is 17.6 Å². The van der Waals surface area contributed by atoms with Crippen molar-refractivity contribution >= 4 is 23.6 Å². The number of carbonyl (C=O) groups is 2. The number of methoxy groups -OCH3 is 1. The molecule has 0 spiro atoms. The van der Waals surface area contributed by atoms with Crippen molar-refractivity contribution in [2.45, 2.75) is 38.3 Å². The first kappa shape index (κ1) is 16.2. The van der Waals surface area contributed by atoms with E-state index in [-0.39, 0.29) is 12.3 Å². The van der Waals surface area contributed by atoms with Crippen molar-refractivity contribution in [3.8, 4) is 0 Å². The second-order valence-corrected chi connectivity index (χ2v) is 5.37. The predicted molar refractivity (Wildman–Crippen MR) is 68.3 cm³/mol. The third-order valence-corrected chi connectivity index (χ3v) is 3.03. The van der Waals surface area contributed by atoms with Crippen LogP contribution in [0.15, 0.2) is 0 Å². The molecule has 1 atom stereocenters. The van der Waals surface area contributed by atoms with Crippen molar-refractivity contribution in [1.29, 1.82) is 0 Å². The highest BCUT2D eigenvalue weighted by Gasteiger charge is 2.25. The van der Waals surface area contributed by atoms with Gasteiger partial charge in [-0.1, -0.05) is 0 Å². The van der Waals surface area contributed by atoms with Crippen LogP contribution in [-0.4, -0.2) is 47.7 Å². The van der Waals surface area contributed by atoms with Crippen LogP contribution in [-0.2, 0) is 14.3 Å². The third kappa shape index (κ3) is 7.23. The summed E-state index contributed by atoms with van der Waals surface area (Å²) in [5.41, 5.74) is -0.577. The van der Waals surface area contributed by atoms with Crippen LogP contribution in [0.25, 0.3) is 0 Å². The zero-order valence-corrected chi connectivity index (χ0v) is 11.6. The molecule has 0 saturated heterocycles. The molecule has 0 saturated carbocycles. The molecule has 17 heavy (non-hydrogen) atoms. The fraction of sp³-hybridized carbons (Fsp3) is 0.818. The van der Waals surface area contributed by atoms with Gasteiger partial charge in [0.2, 0.25) is 5.91 Å². The van der Waals surface area contributed by atoms with E-state index in [0.29, 0.717) is 12.2 Å². The molecule has 0 heterocycles. The van der Waals surface area contributed by atoms with Gasteiger partial charge in [-0.15, -0.1) is 0 Å². The van der Waals surface area contributed by atoms with E-state index in [0.717, 1.165) is 0 Å². The lowest BCUT2D eigenvalue weighted by Gasteiger charge is -2.23. The molecule has 0 aromatic carbocycles. The van der Waals surface area contributed by atoms with Gasteiger partial charge in [0, 0.05) is 7.11 Å². The first-order chi connectivity index (χ1) is 7.82. The molecule has 100 valence electrons. The molecule has 0 rings (SSSR count). The number of aliphatic carboxylic acids is 1. The lowest BCUT2D eigenvalue weighted by atomic mass is 10.0. The number of carboxylic acids is 1. The zero-order chi connectivity index (χ0) is 13.5. The summed E-state index contributed by atoms with van der Waals surface area (Å²) in [4.78, 5) is 22.6. The molecular weight excluding hydrogens is 242 g/mol. The third-order valence-electron chi connectivity index (χ3n) is 2.38. The predicted octanol–water partition coefficient (Wildman–Crippen LogP) is 1.12. The van der Waals surface area contributed by atoms with Crippen molar-refractivity contribution in [2.24, 2.45) is 0 Å². The van der Waals surface area contributed by atoms with Crippen LogP contribution in [0.2, 0.25) is 0 Å². The Hall–Kier alpha value is -0.750. The second kappa shape index (κ2) is 7.55. The summed E-state index contributed by atoms with van der Waals surface area (Å²) in [5, 5.41) is 11.5. The Morgan fingerprint density at radius 3 is 2.47 bits per heavy atom. The van der Waals surface area contributed by atoms with Gasteiger partial charge in [0.15, 0.2) is 0 Å². The first-order valence-electron chi connectivity index (χ1n) is 5.38. The average molecular weight is 263 g/mol. The molecule has 0 aliphatic rings. The van der Waals surface area contributed by atoms with Crippen LogP contribution >= 0.6 is 11.8 Å². The minimum Gasteiger partial charge on any atom is -0.480 e. The topological polar surface area (TPSA) is 75.6 Å². The van der Waals surface area contributed by atoms with Crippen molar-refractivity contribution < 1.29 is 19.4 Å². The molecule has 0 fully saturated rings. The number of carbonyl (C=O) groups excluding carboxylic acids is 1. The summed E-state index contributed by atoms with van der Waals surface area (Å²) in [7, 11) is 1.52. The summed E-state index contributed by atoms with van der Waals surface area (Å²) in [5.74, 6) is -0.599. The number of amides is 1. The molecule has 0 radical (unpaired) electrons. The Balaban J connectivity index is 4.26. The lowest BCUT2D eigenvalue weighted by Crippen LogP contribution is -2.43. The summed E-state index contributed by atoms with van der Waals surface area (Å²) in [6, 6.07) is -0.817. The van der Waals surface area contributed by atoms with Gasteiger partial charge in [-0.05, 0) is 32.3 Å². The molecular formula is C11H21NO4S. The fourth-order valence-corrected chi connectivity index (χ4v) is 1.67. The summed E-state index contributed by atoms with van der Waals surface area (Å²) < 4.78 is 5.12. The minimum absolute atomic E-state index is 0.145. The van der Waals surface area contributed by atoms with Crippen molar-refractivity contribution in [1.82, 2.24) is 5.32 Å². The Morgan fingerprint density at radius 1 is 1.47 bits per heavy atom. The van der Waals surface area contributed by atoms with Gasteiger partial charge in [0.25, 0.3) is 0 Å². The smallest absolute Gasteiger partial charge is 0.326 e. The Bertz CT molecular complexity index is 268. The van der Waals surface area contributed by atoms with Crippen molar-refractivity contribution in [3.63, 3.8) is 0 Å². The SMILES string of the molecule is COC(C)(C)CC(=O)N[C@H](CCSC)C(=O)O. The Labute approximate surface area is 106 Å². The molecule has 0 aliphatic heterocycles. The molecule has 0 aliphatic carbocycles. The molecule has 0 aromatic rings. The monoisotopic (exact) mass is 263 g/mol. The Kier molecular flexibility index (Phi) is 7.22. The number of carboxylic acid groups (broad SMARTS) is 1. The number of rotatable bonds is 8.